The molecule has 96 valence electrons. The van der Waals surface area contributed by atoms with Gasteiger partial charge in [-0.2, -0.15) is 0 Å². The predicted octanol–water partition coefficient (Wildman–Crippen LogP) is 1.98. The van der Waals surface area contributed by atoms with E-state index >= 15 is 0 Å². The fourth-order valence-electron chi connectivity index (χ4n) is 2.33. The Bertz CT molecular complexity index is 287. The normalized spacial score (nSPS) is 27.6. The highest BCUT2D eigenvalue weighted by molar-refractivity contribution is 7.90. The lowest BCUT2D eigenvalue weighted by Crippen LogP contribution is -2.30. The average molecular weight is 247 g/mol. The fraction of sp³-hybridized carbons (Fsp3) is 1.00. The van der Waals surface area contributed by atoms with E-state index < -0.39 is 9.84 Å². The van der Waals surface area contributed by atoms with E-state index in [1.54, 1.807) is 0 Å². The van der Waals surface area contributed by atoms with E-state index in [-0.39, 0.29) is 0 Å². The quantitative estimate of drug-likeness (QED) is 0.597. The summed E-state index contributed by atoms with van der Waals surface area (Å²) in [7, 11) is -2.78. The molecule has 0 radical (unpaired) electrons. The second-order valence-electron chi connectivity index (χ2n) is 5.25. The molecule has 0 spiro atoms. The van der Waals surface area contributed by atoms with Crippen LogP contribution in [0.1, 0.15) is 45.4 Å². The summed E-state index contributed by atoms with van der Waals surface area (Å²) in [6.07, 6.45) is 8.52. The van der Waals surface area contributed by atoms with Gasteiger partial charge in [0.2, 0.25) is 0 Å². The molecule has 3 nitrogen and oxygen atoms in total. The van der Waals surface area contributed by atoms with Gasteiger partial charge in [-0.15, -0.1) is 0 Å². The molecule has 2 atom stereocenters. The fourth-order valence-corrected chi connectivity index (χ4v) is 3.00. The maximum absolute atomic E-state index is 11.0. The maximum atomic E-state index is 11.0. The van der Waals surface area contributed by atoms with E-state index in [1.165, 1.54) is 38.4 Å². The minimum atomic E-state index is -2.78. The van der Waals surface area contributed by atoms with Crippen LogP contribution in [0.2, 0.25) is 0 Å². The summed E-state index contributed by atoms with van der Waals surface area (Å²) in [4.78, 5) is 0. The molecule has 0 bridgehead atoms. The average Bonchev–Trinajstić information content (AvgIpc) is 2.37. The standard InChI is InChI=1S/C12H25NO2S/c1-11-5-3-6-12(8-7-11)13-9-4-10-16(2,14)15/h11-13H,3-10H2,1-2H3. The molecule has 1 rings (SSSR count). The molecule has 0 saturated heterocycles. The zero-order chi connectivity index (χ0) is 12.0. The smallest absolute Gasteiger partial charge is 0.147 e. The number of hydrogen-bond acceptors (Lipinski definition) is 3. The summed E-state index contributed by atoms with van der Waals surface area (Å²) in [5, 5.41) is 3.49. The van der Waals surface area contributed by atoms with Gasteiger partial charge in [0, 0.05) is 12.3 Å². The zero-order valence-electron chi connectivity index (χ0n) is 10.5. The summed E-state index contributed by atoms with van der Waals surface area (Å²) in [6.45, 7) is 3.16. The van der Waals surface area contributed by atoms with Crippen LogP contribution in [0.3, 0.4) is 0 Å². The van der Waals surface area contributed by atoms with Crippen LogP contribution in [-0.2, 0) is 9.84 Å². The molecule has 1 N–H and O–H groups in total. The molecule has 2 unspecified atom stereocenters. The lowest BCUT2D eigenvalue weighted by molar-refractivity contribution is 0.448. The largest absolute Gasteiger partial charge is 0.314 e. The van der Waals surface area contributed by atoms with Crippen molar-refractivity contribution in [2.75, 3.05) is 18.6 Å². The lowest BCUT2D eigenvalue weighted by atomic mass is 10.0. The molecular formula is C12H25NO2S. The first-order chi connectivity index (χ1) is 7.47. The lowest BCUT2D eigenvalue weighted by Gasteiger charge is -2.16. The van der Waals surface area contributed by atoms with Crippen molar-refractivity contribution in [2.24, 2.45) is 5.92 Å². The Hall–Kier alpha value is -0.0900. The topological polar surface area (TPSA) is 46.2 Å². The van der Waals surface area contributed by atoms with E-state index in [0.717, 1.165) is 18.9 Å². The van der Waals surface area contributed by atoms with Crippen molar-refractivity contribution in [3.8, 4) is 0 Å². The van der Waals surface area contributed by atoms with Gasteiger partial charge < -0.3 is 5.32 Å². The number of nitrogens with one attached hydrogen (secondary N) is 1. The molecule has 1 aliphatic carbocycles. The van der Waals surface area contributed by atoms with Crippen LogP contribution in [0.5, 0.6) is 0 Å². The minimum absolute atomic E-state index is 0.309. The SMILES string of the molecule is CC1CCCC(NCCCS(C)(=O)=O)CC1. The Morgan fingerprint density at radius 1 is 1.19 bits per heavy atom. The van der Waals surface area contributed by atoms with Crippen molar-refractivity contribution < 1.29 is 8.42 Å². The van der Waals surface area contributed by atoms with Crippen LogP contribution >= 0.6 is 0 Å². The summed E-state index contributed by atoms with van der Waals surface area (Å²) in [5.41, 5.74) is 0. The second-order valence-corrected chi connectivity index (χ2v) is 7.51. The van der Waals surface area contributed by atoms with Gasteiger partial charge in [0.25, 0.3) is 0 Å². The highest BCUT2D eigenvalue weighted by Gasteiger charge is 2.15. The molecule has 0 aromatic rings. The number of sulfone groups is 1. The van der Waals surface area contributed by atoms with Gasteiger partial charge in [-0.25, -0.2) is 8.42 Å². The summed E-state index contributed by atoms with van der Waals surface area (Å²) in [6, 6.07) is 0.615. The van der Waals surface area contributed by atoms with E-state index in [1.807, 2.05) is 0 Å². The Morgan fingerprint density at radius 3 is 2.62 bits per heavy atom. The molecule has 16 heavy (non-hydrogen) atoms. The van der Waals surface area contributed by atoms with Gasteiger partial charge >= 0.3 is 0 Å². The molecule has 0 amide bonds. The van der Waals surface area contributed by atoms with Crippen LogP contribution in [0.25, 0.3) is 0 Å². The van der Waals surface area contributed by atoms with Crippen LogP contribution < -0.4 is 5.32 Å². The first kappa shape index (κ1) is 14.0. The molecule has 1 saturated carbocycles. The van der Waals surface area contributed by atoms with Crippen LogP contribution in [0, 0.1) is 5.92 Å². The molecule has 1 aliphatic rings. The third kappa shape index (κ3) is 6.48. The van der Waals surface area contributed by atoms with E-state index in [9.17, 15) is 8.42 Å². The van der Waals surface area contributed by atoms with Gasteiger partial charge in [-0.05, 0) is 38.1 Å². The van der Waals surface area contributed by atoms with E-state index in [0.29, 0.717) is 11.8 Å². The van der Waals surface area contributed by atoms with Crippen molar-refractivity contribution in [1.82, 2.24) is 5.32 Å². The molecule has 0 aromatic heterocycles. The van der Waals surface area contributed by atoms with Crippen LogP contribution in [0.4, 0.5) is 0 Å². The highest BCUT2D eigenvalue weighted by atomic mass is 32.2. The van der Waals surface area contributed by atoms with Crippen molar-refractivity contribution >= 4 is 9.84 Å². The van der Waals surface area contributed by atoms with Gasteiger partial charge in [-0.3, -0.25) is 0 Å². The summed E-state index contributed by atoms with van der Waals surface area (Å²) in [5.74, 6) is 1.17. The molecule has 0 aromatic carbocycles. The maximum Gasteiger partial charge on any atom is 0.147 e. The van der Waals surface area contributed by atoms with Gasteiger partial charge in [-0.1, -0.05) is 19.8 Å². The van der Waals surface area contributed by atoms with E-state index in [2.05, 4.69) is 12.2 Å². The van der Waals surface area contributed by atoms with Crippen molar-refractivity contribution in [1.29, 1.82) is 0 Å². The van der Waals surface area contributed by atoms with Crippen molar-refractivity contribution in [3.05, 3.63) is 0 Å². The second kappa shape index (κ2) is 6.60. The van der Waals surface area contributed by atoms with Gasteiger partial charge in [0.1, 0.15) is 9.84 Å². The number of rotatable bonds is 5. The van der Waals surface area contributed by atoms with E-state index in [4.69, 9.17) is 0 Å². The highest BCUT2D eigenvalue weighted by Crippen LogP contribution is 2.22. The molecular weight excluding hydrogens is 222 g/mol. The summed E-state index contributed by atoms with van der Waals surface area (Å²) < 4.78 is 21.9. The minimum Gasteiger partial charge on any atom is -0.314 e. The van der Waals surface area contributed by atoms with Gasteiger partial charge in [0.05, 0.1) is 5.75 Å². The van der Waals surface area contributed by atoms with Crippen LogP contribution in [0.15, 0.2) is 0 Å². The Labute approximate surface area is 99.9 Å². The zero-order valence-corrected chi connectivity index (χ0v) is 11.4. The first-order valence-corrected chi connectivity index (χ1v) is 8.44. The molecule has 1 fully saturated rings. The first-order valence-electron chi connectivity index (χ1n) is 6.38. The number of hydrogen-bond donors (Lipinski definition) is 1. The third-order valence-electron chi connectivity index (χ3n) is 3.38. The molecule has 4 heteroatoms. The molecule has 0 heterocycles. The Morgan fingerprint density at radius 2 is 1.94 bits per heavy atom. The van der Waals surface area contributed by atoms with Gasteiger partial charge in [0.15, 0.2) is 0 Å². The Balaban J connectivity index is 2.13. The monoisotopic (exact) mass is 247 g/mol. The third-order valence-corrected chi connectivity index (χ3v) is 4.41. The van der Waals surface area contributed by atoms with Crippen molar-refractivity contribution in [2.45, 2.75) is 51.5 Å². The van der Waals surface area contributed by atoms with Crippen LogP contribution in [-0.4, -0.2) is 33.0 Å². The summed E-state index contributed by atoms with van der Waals surface area (Å²) >= 11 is 0. The Kier molecular flexibility index (Phi) is 5.76. The predicted molar refractivity (Wildman–Crippen MR) is 68.4 cm³/mol. The molecule has 0 aliphatic heterocycles. The van der Waals surface area contributed by atoms with Crippen molar-refractivity contribution in [3.63, 3.8) is 0 Å².